The molecule has 2 rings (SSSR count). The van der Waals surface area contributed by atoms with Crippen LogP contribution in [0.2, 0.25) is 0 Å². The maximum atomic E-state index is 11.8. The van der Waals surface area contributed by atoms with E-state index in [2.05, 4.69) is 4.72 Å². The molecular weight excluding hydrogens is 222 g/mol. The highest BCUT2D eigenvalue weighted by Gasteiger charge is 2.15. The van der Waals surface area contributed by atoms with E-state index in [4.69, 9.17) is 0 Å². The molecule has 0 heterocycles. The lowest BCUT2D eigenvalue weighted by Gasteiger charge is -2.08. The third kappa shape index (κ3) is 1.70. The third-order valence-electron chi connectivity index (χ3n) is 2.66. The summed E-state index contributed by atoms with van der Waals surface area (Å²) in [7, 11) is -1.97. The van der Waals surface area contributed by atoms with Gasteiger partial charge in [-0.25, -0.2) is 13.1 Å². The van der Waals surface area contributed by atoms with E-state index in [0.717, 1.165) is 16.3 Å². The second-order valence-electron chi connectivity index (χ2n) is 3.63. The highest BCUT2D eigenvalue weighted by Crippen LogP contribution is 2.25. The summed E-state index contributed by atoms with van der Waals surface area (Å²) in [5.41, 5.74) is 1.07. The van der Waals surface area contributed by atoms with Gasteiger partial charge in [-0.1, -0.05) is 30.3 Å². The van der Waals surface area contributed by atoms with Crippen molar-refractivity contribution in [1.82, 2.24) is 4.72 Å². The molecule has 0 saturated heterocycles. The van der Waals surface area contributed by atoms with Crippen LogP contribution in [0, 0.1) is 6.92 Å². The van der Waals surface area contributed by atoms with Gasteiger partial charge in [-0.15, -0.1) is 0 Å². The van der Waals surface area contributed by atoms with E-state index in [1.54, 1.807) is 6.07 Å². The van der Waals surface area contributed by atoms with Crippen molar-refractivity contribution in [3.8, 4) is 0 Å². The van der Waals surface area contributed by atoms with Gasteiger partial charge in [0, 0.05) is 5.39 Å². The van der Waals surface area contributed by atoms with Crippen LogP contribution in [-0.4, -0.2) is 15.5 Å². The molecule has 0 atom stereocenters. The predicted octanol–water partition coefficient (Wildman–Crippen LogP) is 2.06. The van der Waals surface area contributed by atoms with Crippen molar-refractivity contribution in [1.29, 1.82) is 0 Å². The van der Waals surface area contributed by atoms with Gasteiger partial charge in [-0.05, 0) is 31.0 Å². The van der Waals surface area contributed by atoms with Gasteiger partial charge in [0.05, 0.1) is 4.90 Å². The Morgan fingerprint density at radius 3 is 2.25 bits per heavy atom. The first kappa shape index (κ1) is 11.1. The first-order chi connectivity index (χ1) is 7.56. The largest absolute Gasteiger partial charge is 0.240 e. The molecule has 4 heteroatoms. The molecule has 0 aromatic heterocycles. The van der Waals surface area contributed by atoms with Crippen molar-refractivity contribution in [2.75, 3.05) is 7.05 Å². The third-order valence-corrected chi connectivity index (χ3v) is 4.13. The summed E-state index contributed by atoms with van der Waals surface area (Å²) in [4.78, 5) is 0.330. The smallest absolute Gasteiger partial charge is 0.214 e. The Labute approximate surface area is 95.2 Å². The van der Waals surface area contributed by atoms with Gasteiger partial charge in [-0.2, -0.15) is 0 Å². The zero-order valence-electron chi connectivity index (χ0n) is 9.19. The molecule has 16 heavy (non-hydrogen) atoms. The number of rotatable bonds is 2. The molecule has 0 unspecified atom stereocenters. The normalized spacial score (nSPS) is 11.9. The molecule has 0 aliphatic heterocycles. The number of aryl methyl sites for hydroxylation is 1. The maximum Gasteiger partial charge on any atom is 0.240 e. The van der Waals surface area contributed by atoms with E-state index in [9.17, 15) is 8.42 Å². The van der Waals surface area contributed by atoms with Gasteiger partial charge in [0.1, 0.15) is 0 Å². The molecule has 3 nitrogen and oxygen atoms in total. The molecule has 0 aliphatic carbocycles. The van der Waals surface area contributed by atoms with Gasteiger partial charge in [-0.3, -0.25) is 0 Å². The van der Waals surface area contributed by atoms with E-state index in [1.807, 2.05) is 37.3 Å². The predicted molar refractivity (Wildman–Crippen MR) is 64.9 cm³/mol. The van der Waals surface area contributed by atoms with E-state index in [0.29, 0.717) is 4.90 Å². The molecule has 0 saturated carbocycles. The highest BCUT2D eigenvalue weighted by molar-refractivity contribution is 7.89. The Hall–Kier alpha value is -1.39. The zero-order chi connectivity index (χ0) is 11.8. The fraction of sp³-hybridized carbons (Fsp3) is 0.167. The number of benzene rings is 2. The number of fused-ring (bicyclic) bond motifs is 1. The summed E-state index contributed by atoms with van der Waals surface area (Å²) in [6.45, 7) is 1.97. The van der Waals surface area contributed by atoms with Gasteiger partial charge in [0.25, 0.3) is 0 Å². The minimum atomic E-state index is -3.39. The standard InChI is InChI=1S/C12H13NO2S/c1-9-7-8-12(16(14,15)13-2)11-6-4-3-5-10(9)11/h3-8,13H,1-2H3. The summed E-state index contributed by atoms with van der Waals surface area (Å²) in [6, 6.07) is 11.0. The van der Waals surface area contributed by atoms with Crippen molar-refractivity contribution >= 4 is 20.8 Å². The van der Waals surface area contributed by atoms with Gasteiger partial charge >= 0.3 is 0 Å². The average Bonchev–Trinajstić information content (AvgIpc) is 2.29. The molecule has 0 amide bonds. The molecule has 0 fully saturated rings. The van der Waals surface area contributed by atoms with E-state index in [-0.39, 0.29) is 0 Å². The van der Waals surface area contributed by atoms with Crippen molar-refractivity contribution in [3.05, 3.63) is 42.0 Å². The van der Waals surface area contributed by atoms with E-state index >= 15 is 0 Å². The van der Waals surface area contributed by atoms with Crippen LogP contribution in [0.4, 0.5) is 0 Å². The molecule has 2 aromatic rings. The Kier molecular flexibility index (Phi) is 2.69. The topological polar surface area (TPSA) is 46.2 Å². The summed E-state index contributed by atoms with van der Waals surface area (Å²) in [5.74, 6) is 0. The summed E-state index contributed by atoms with van der Waals surface area (Å²) >= 11 is 0. The van der Waals surface area contributed by atoms with Crippen LogP contribution < -0.4 is 4.72 Å². The van der Waals surface area contributed by atoms with Crippen LogP contribution in [0.5, 0.6) is 0 Å². The summed E-state index contributed by atoms with van der Waals surface area (Å²) in [5, 5.41) is 1.73. The molecule has 1 N–H and O–H groups in total. The molecular formula is C12H13NO2S. The van der Waals surface area contributed by atoms with E-state index < -0.39 is 10.0 Å². The number of hydrogen-bond acceptors (Lipinski definition) is 2. The van der Waals surface area contributed by atoms with Crippen molar-refractivity contribution in [2.45, 2.75) is 11.8 Å². The summed E-state index contributed by atoms with van der Waals surface area (Å²) in [6.07, 6.45) is 0. The van der Waals surface area contributed by atoms with E-state index in [1.165, 1.54) is 7.05 Å². The second kappa shape index (κ2) is 3.88. The molecule has 2 aromatic carbocycles. The second-order valence-corrected chi connectivity index (χ2v) is 5.49. The summed E-state index contributed by atoms with van der Waals surface area (Å²) < 4.78 is 26.0. The van der Waals surface area contributed by atoms with Crippen molar-refractivity contribution in [2.24, 2.45) is 0 Å². The molecule has 0 bridgehead atoms. The quantitative estimate of drug-likeness (QED) is 0.866. The Morgan fingerprint density at radius 1 is 1.00 bits per heavy atom. The lowest BCUT2D eigenvalue weighted by Crippen LogP contribution is -2.18. The fourth-order valence-electron chi connectivity index (χ4n) is 1.77. The first-order valence-corrected chi connectivity index (χ1v) is 6.46. The molecule has 0 radical (unpaired) electrons. The van der Waals surface area contributed by atoms with Gasteiger partial charge in [0.15, 0.2) is 0 Å². The molecule has 0 spiro atoms. The number of hydrogen-bond donors (Lipinski definition) is 1. The van der Waals surface area contributed by atoms with Crippen LogP contribution in [0.1, 0.15) is 5.56 Å². The Bertz CT molecular complexity index is 633. The maximum absolute atomic E-state index is 11.8. The minimum Gasteiger partial charge on any atom is -0.214 e. The SMILES string of the molecule is CNS(=O)(=O)c1ccc(C)c2ccccc12. The van der Waals surface area contributed by atoms with Crippen LogP contribution in [0.3, 0.4) is 0 Å². The highest BCUT2D eigenvalue weighted by atomic mass is 32.2. The van der Waals surface area contributed by atoms with Crippen molar-refractivity contribution in [3.63, 3.8) is 0 Å². The van der Waals surface area contributed by atoms with Crippen LogP contribution in [0.25, 0.3) is 10.8 Å². The Morgan fingerprint density at radius 2 is 1.62 bits per heavy atom. The zero-order valence-corrected chi connectivity index (χ0v) is 10.0. The number of nitrogens with one attached hydrogen (secondary N) is 1. The molecule has 84 valence electrons. The van der Waals surface area contributed by atoms with Gasteiger partial charge in [0.2, 0.25) is 10.0 Å². The lowest BCUT2D eigenvalue weighted by atomic mass is 10.1. The van der Waals surface area contributed by atoms with Crippen molar-refractivity contribution < 1.29 is 8.42 Å². The minimum absolute atomic E-state index is 0.330. The lowest BCUT2D eigenvalue weighted by molar-refractivity contribution is 0.589. The first-order valence-electron chi connectivity index (χ1n) is 4.98. The average molecular weight is 235 g/mol. The monoisotopic (exact) mass is 235 g/mol. The van der Waals surface area contributed by atoms with Crippen LogP contribution in [0.15, 0.2) is 41.3 Å². The fourth-order valence-corrected chi connectivity index (χ4v) is 2.70. The van der Waals surface area contributed by atoms with Crippen LogP contribution >= 0.6 is 0 Å². The van der Waals surface area contributed by atoms with Crippen LogP contribution in [-0.2, 0) is 10.0 Å². The number of sulfonamides is 1. The Balaban J connectivity index is 2.88. The molecule has 0 aliphatic rings. The van der Waals surface area contributed by atoms with Gasteiger partial charge < -0.3 is 0 Å².